The van der Waals surface area contributed by atoms with Crippen LogP contribution in [0.25, 0.3) is 12.2 Å². The maximum atomic E-state index is 7.26. The first-order valence-electron chi connectivity index (χ1n) is 15.3. The van der Waals surface area contributed by atoms with E-state index in [4.69, 9.17) is 13.1 Å². The summed E-state index contributed by atoms with van der Waals surface area (Å²) in [4.78, 5) is 0. The van der Waals surface area contributed by atoms with Crippen LogP contribution < -0.4 is 24.8 Å². The molecule has 2 unspecified atom stereocenters. The van der Waals surface area contributed by atoms with Gasteiger partial charge in [0.05, 0.1) is 0 Å². The minimum Gasteiger partial charge on any atom is -1.00 e. The van der Waals surface area contributed by atoms with E-state index < -0.39 is 37.9 Å². The van der Waals surface area contributed by atoms with Gasteiger partial charge in [-0.1, -0.05) is 0 Å². The van der Waals surface area contributed by atoms with Crippen molar-refractivity contribution in [2.45, 2.75) is 111 Å². The molecular formula is C35H52Cl2O2Si2Zr. The fourth-order valence-corrected chi connectivity index (χ4v) is 17.4. The van der Waals surface area contributed by atoms with E-state index in [9.17, 15) is 0 Å². The molecule has 0 saturated heterocycles. The van der Waals surface area contributed by atoms with E-state index in [0.29, 0.717) is 7.25 Å². The maximum absolute atomic E-state index is 7.26. The zero-order valence-corrected chi connectivity index (χ0v) is 33.5. The normalized spacial score (nSPS) is 17.9. The molecule has 2 aromatic rings. The first kappa shape index (κ1) is 37.5. The zero-order chi connectivity index (χ0) is 29.5. The number of rotatable bonds is 12. The Morgan fingerprint density at radius 1 is 0.667 bits per heavy atom. The van der Waals surface area contributed by atoms with Crippen LogP contribution in [0.2, 0.25) is 36.3 Å². The summed E-state index contributed by atoms with van der Waals surface area (Å²) >= 11 is -2.58. The summed E-state index contributed by atoms with van der Waals surface area (Å²) in [6.07, 6.45) is 9.47. The molecule has 0 amide bonds. The van der Waals surface area contributed by atoms with Gasteiger partial charge in [-0.25, -0.2) is 0 Å². The van der Waals surface area contributed by atoms with Gasteiger partial charge in [-0.2, -0.15) is 0 Å². The van der Waals surface area contributed by atoms with Crippen molar-refractivity contribution in [1.29, 1.82) is 0 Å². The summed E-state index contributed by atoms with van der Waals surface area (Å²) in [7, 11) is -4.10. The van der Waals surface area contributed by atoms with Crippen LogP contribution in [0.5, 0.6) is 0 Å². The summed E-state index contributed by atoms with van der Waals surface area (Å²) in [6.45, 7) is 23.9. The molecule has 0 radical (unpaired) electrons. The monoisotopic (exact) mass is 720 g/mol. The van der Waals surface area contributed by atoms with E-state index in [2.05, 4.69) is 128 Å². The molecule has 0 heterocycles. The van der Waals surface area contributed by atoms with Gasteiger partial charge in [-0.05, 0) is 0 Å². The van der Waals surface area contributed by atoms with Gasteiger partial charge in [0.1, 0.15) is 0 Å². The second kappa shape index (κ2) is 14.2. The van der Waals surface area contributed by atoms with E-state index in [0.717, 1.165) is 0 Å². The Kier molecular flexibility index (Phi) is 12.6. The fourth-order valence-electron chi connectivity index (χ4n) is 6.42. The van der Waals surface area contributed by atoms with Crippen LogP contribution in [0.1, 0.15) is 96.7 Å². The third-order valence-corrected chi connectivity index (χ3v) is 25.4. The van der Waals surface area contributed by atoms with Crippen LogP contribution in [-0.2, 0) is 30.1 Å². The predicted octanol–water partition coefficient (Wildman–Crippen LogP) is 4.84. The number of hydrogen-bond donors (Lipinski definition) is 0. The summed E-state index contributed by atoms with van der Waals surface area (Å²) in [5.41, 5.74) is 5.48. The molecule has 0 aromatic heterocycles. The third kappa shape index (κ3) is 7.22. The summed E-state index contributed by atoms with van der Waals surface area (Å²) in [5.74, 6) is 2.39. The van der Waals surface area contributed by atoms with Gasteiger partial charge in [0.15, 0.2) is 0 Å². The molecule has 42 heavy (non-hydrogen) atoms. The summed E-state index contributed by atoms with van der Waals surface area (Å²) in [5, 5.41) is 0.391. The Morgan fingerprint density at radius 2 is 1.00 bits per heavy atom. The Hall–Kier alpha value is -0.713. The Bertz CT molecular complexity index is 1230. The standard InChI is InChI=1S/2C17H25OSi.CH2.2ClH.Zr/c2*1-6-11-17(2,3)19(4,5)18-16-12-14-9-7-8-10-15(14)13-16;;;;/h2*7-10,12-13H,6,11H2,1-5H3;1H2;2*1H;/q;;;;;+2/p-2. The minimum atomic E-state index is -2.58. The van der Waals surface area contributed by atoms with Gasteiger partial charge in [0, 0.05) is 0 Å². The van der Waals surface area contributed by atoms with Gasteiger partial charge in [0.2, 0.25) is 0 Å². The SMILES string of the molecule is [CH2]=[Zr+2]([CH]1C(O[Si](C)(C)C(C)(C)CCC)=Cc2ccccc21)[CH]1C(O[Si](C)(C)C(C)(C)CCC)=Cc2ccccc21.[Cl-].[Cl-]. The third-order valence-electron chi connectivity index (χ3n) is 10.3. The molecular weight excluding hydrogens is 671 g/mol. The first-order chi connectivity index (χ1) is 18.7. The molecule has 2 aliphatic carbocycles. The van der Waals surface area contributed by atoms with Crippen LogP contribution in [0.3, 0.4) is 0 Å². The van der Waals surface area contributed by atoms with Crippen molar-refractivity contribution < 1.29 is 54.9 Å². The Morgan fingerprint density at radius 3 is 1.33 bits per heavy atom. The molecule has 0 N–H and O–H groups in total. The van der Waals surface area contributed by atoms with Gasteiger partial charge in [-0.15, -0.1) is 0 Å². The van der Waals surface area contributed by atoms with E-state index in [1.165, 1.54) is 59.5 Å². The van der Waals surface area contributed by atoms with Gasteiger partial charge >= 0.3 is 256 Å². The number of benzene rings is 2. The average Bonchev–Trinajstić information content (AvgIpc) is 3.40. The molecule has 230 valence electrons. The Balaban J connectivity index is 0.00000308. The quantitative estimate of drug-likeness (QED) is 0.293. The van der Waals surface area contributed by atoms with E-state index in [1.54, 1.807) is 0 Å². The molecule has 0 aliphatic heterocycles. The van der Waals surface area contributed by atoms with Crippen molar-refractivity contribution in [1.82, 2.24) is 0 Å². The van der Waals surface area contributed by atoms with Gasteiger partial charge < -0.3 is 24.8 Å². The summed E-state index contributed by atoms with van der Waals surface area (Å²) < 4.78 is 20.2. The predicted molar refractivity (Wildman–Crippen MR) is 176 cm³/mol. The molecule has 0 spiro atoms. The molecule has 7 heteroatoms. The van der Waals surface area contributed by atoms with Crippen LogP contribution in [0.4, 0.5) is 0 Å². The second-order valence-electron chi connectivity index (χ2n) is 14.3. The van der Waals surface area contributed by atoms with Crippen molar-refractivity contribution in [2.24, 2.45) is 0 Å². The number of halogens is 2. The molecule has 0 fully saturated rings. The fraction of sp³-hybridized carbons (Fsp3) is 0.514. The topological polar surface area (TPSA) is 18.5 Å². The Labute approximate surface area is 279 Å². The van der Waals surface area contributed by atoms with Crippen molar-refractivity contribution in [3.8, 4) is 0 Å². The van der Waals surface area contributed by atoms with Crippen molar-refractivity contribution in [2.75, 3.05) is 0 Å². The van der Waals surface area contributed by atoms with E-state index >= 15 is 0 Å². The second-order valence-corrected chi connectivity index (χ2v) is 29.1. The first-order valence-corrected chi connectivity index (χ1v) is 25.7. The zero-order valence-electron chi connectivity index (χ0n) is 27.5. The van der Waals surface area contributed by atoms with Crippen LogP contribution in [-0.4, -0.2) is 20.8 Å². The molecule has 0 saturated carbocycles. The van der Waals surface area contributed by atoms with Crippen LogP contribution in [0.15, 0.2) is 60.0 Å². The van der Waals surface area contributed by atoms with Gasteiger partial charge in [-0.3, -0.25) is 0 Å². The molecule has 2 atom stereocenters. The smallest absolute Gasteiger partial charge is 1.00 e. The van der Waals surface area contributed by atoms with Crippen LogP contribution >= 0.6 is 0 Å². The number of allylic oxidation sites excluding steroid dienone is 2. The van der Waals surface area contributed by atoms with Crippen molar-refractivity contribution in [3.05, 3.63) is 82.3 Å². The molecule has 4 rings (SSSR count). The number of fused-ring (bicyclic) bond motifs is 2. The average molecular weight is 723 g/mol. The van der Waals surface area contributed by atoms with E-state index in [1.807, 2.05) is 0 Å². The minimum absolute atomic E-state index is 0. The van der Waals surface area contributed by atoms with Crippen LogP contribution in [0, 0.1) is 0 Å². The molecule has 0 bridgehead atoms. The summed E-state index contributed by atoms with van der Waals surface area (Å²) in [6, 6.07) is 17.9. The van der Waals surface area contributed by atoms with Gasteiger partial charge in [0.25, 0.3) is 0 Å². The maximum Gasteiger partial charge on any atom is -1.00 e. The number of hydrogen-bond acceptors (Lipinski definition) is 2. The van der Waals surface area contributed by atoms with Crippen molar-refractivity contribution in [3.63, 3.8) is 0 Å². The largest absolute Gasteiger partial charge is 1.00 e. The van der Waals surface area contributed by atoms with E-state index in [-0.39, 0.29) is 34.9 Å². The molecule has 2 aromatic carbocycles. The molecule has 2 nitrogen and oxygen atoms in total. The molecule has 2 aliphatic rings. The van der Waals surface area contributed by atoms with Crippen molar-refractivity contribution >= 4 is 33.0 Å².